The van der Waals surface area contributed by atoms with Crippen LogP contribution in [0.2, 0.25) is 0 Å². The van der Waals surface area contributed by atoms with Crippen LogP contribution < -0.4 is 4.74 Å². The molecular formula is C27H28N2O4S. The second-order valence-corrected chi connectivity index (χ2v) is 9.15. The number of ketones is 1. The average molecular weight is 477 g/mol. The number of thiazole rings is 1. The van der Waals surface area contributed by atoms with Crippen molar-refractivity contribution in [1.82, 2.24) is 9.88 Å². The summed E-state index contributed by atoms with van der Waals surface area (Å²) in [7, 11) is 0. The third-order valence-electron chi connectivity index (χ3n) is 5.81. The summed E-state index contributed by atoms with van der Waals surface area (Å²) in [6.07, 6.45) is 1.65. The highest BCUT2D eigenvalue weighted by Crippen LogP contribution is 2.41. The van der Waals surface area contributed by atoms with Crippen LogP contribution in [0.15, 0.2) is 65.9 Å². The van der Waals surface area contributed by atoms with Gasteiger partial charge in [0.05, 0.1) is 28.8 Å². The number of aromatic nitrogens is 1. The fraction of sp³-hybridized carbons (Fsp3) is 0.296. The molecule has 0 radical (unpaired) electrons. The fourth-order valence-electron chi connectivity index (χ4n) is 4.17. The molecule has 3 aromatic rings. The minimum absolute atomic E-state index is 0.0983. The zero-order valence-corrected chi connectivity index (χ0v) is 20.4. The third kappa shape index (κ3) is 4.48. The summed E-state index contributed by atoms with van der Waals surface area (Å²) in [4.78, 5) is 33.5. The first kappa shape index (κ1) is 23.7. The lowest BCUT2D eigenvalue weighted by atomic mass is 9.94. The van der Waals surface area contributed by atoms with Crippen molar-refractivity contribution in [3.63, 3.8) is 0 Å². The molecule has 6 nitrogen and oxygen atoms in total. The van der Waals surface area contributed by atoms with E-state index in [1.54, 1.807) is 11.8 Å². The second kappa shape index (κ2) is 10.2. The van der Waals surface area contributed by atoms with Gasteiger partial charge in [-0.2, -0.15) is 0 Å². The number of hydrogen-bond acceptors (Lipinski definition) is 6. The summed E-state index contributed by atoms with van der Waals surface area (Å²) in [5.41, 5.74) is 2.32. The molecule has 0 bridgehead atoms. The molecule has 1 amide bonds. The molecule has 7 heteroatoms. The summed E-state index contributed by atoms with van der Waals surface area (Å²) in [6, 6.07) is 16.3. The number of carbonyl (C=O) groups is 2. The topological polar surface area (TPSA) is 79.7 Å². The Kier molecular flexibility index (Phi) is 7.12. The van der Waals surface area contributed by atoms with Gasteiger partial charge in [0.25, 0.3) is 5.91 Å². The van der Waals surface area contributed by atoms with E-state index in [0.29, 0.717) is 29.5 Å². The molecule has 0 aliphatic carbocycles. The maximum atomic E-state index is 13.8. The number of ether oxygens (including phenoxy) is 1. The minimum atomic E-state index is -0.686. The third-order valence-corrected chi connectivity index (χ3v) is 7.01. The van der Waals surface area contributed by atoms with Crippen LogP contribution in [0.3, 0.4) is 0 Å². The minimum Gasteiger partial charge on any atom is -0.503 e. The lowest BCUT2D eigenvalue weighted by Crippen LogP contribution is -2.32. The Hall–Kier alpha value is -3.45. The molecule has 1 aromatic heterocycles. The van der Waals surface area contributed by atoms with Gasteiger partial charge in [0.2, 0.25) is 5.78 Å². The number of nitrogens with zero attached hydrogens (tertiary/aromatic N) is 2. The lowest BCUT2D eigenvalue weighted by Gasteiger charge is -2.27. The van der Waals surface area contributed by atoms with E-state index in [1.807, 2.05) is 68.4 Å². The van der Waals surface area contributed by atoms with E-state index in [2.05, 4.69) is 4.98 Å². The Balaban J connectivity index is 1.78. The zero-order valence-electron chi connectivity index (χ0n) is 19.6. The van der Waals surface area contributed by atoms with Crippen molar-refractivity contribution < 1.29 is 19.4 Å². The summed E-state index contributed by atoms with van der Waals surface area (Å²) >= 11 is 1.28. The average Bonchev–Trinajstić information content (AvgIpc) is 3.36. The van der Waals surface area contributed by atoms with Gasteiger partial charge in [-0.15, -0.1) is 11.3 Å². The van der Waals surface area contributed by atoms with E-state index in [9.17, 15) is 14.7 Å². The van der Waals surface area contributed by atoms with Crippen LogP contribution in [0.5, 0.6) is 5.75 Å². The second-order valence-electron chi connectivity index (χ2n) is 8.15. The first-order chi connectivity index (χ1) is 16.5. The Labute approximate surface area is 203 Å². The van der Waals surface area contributed by atoms with Gasteiger partial charge in [0.15, 0.2) is 5.76 Å². The number of carbonyl (C=O) groups excluding carboxylic acids is 2. The molecule has 0 fully saturated rings. The number of amides is 1. The molecule has 1 unspecified atom stereocenters. The standard InChI is InChI=1S/C27H28N2O4S/c1-4-6-15-29-22(19-13-10-14-20(16-19)33-5-2)21(24(31)27(29)32)23(30)25-17(3)28-26(34-25)18-11-8-7-9-12-18/h7-14,16,22,31H,4-6,15H2,1-3H3. The first-order valence-electron chi connectivity index (χ1n) is 11.5. The van der Waals surface area contributed by atoms with Gasteiger partial charge in [-0.25, -0.2) is 4.98 Å². The van der Waals surface area contributed by atoms with Crippen LogP contribution in [0.25, 0.3) is 10.6 Å². The van der Waals surface area contributed by atoms with E-state index in [-0.39, 0.29) is 11.4 Å². The predicted molar refractivity (Wildman–Crippen MR) is 133 cm³/mol. The van der Waals surface area contributed by atoms with Crippen molar-refractivity contribution in [2.45, 2.75) is 39.7 Å². The molecule has 1 aliphatic rings. The largest absolute Gasteiger partial charge is 0.503 e. The van der Waals surface area contributed by atoms with Crippen molar-refractivity contribution >= 4 is 23.0 Å². The summed E-state index contributed by atoms with van der Waals surface area (Å²) in [5, 5.41) is 11.6. The SMILES string of the molecule is CCCCN1C(=O)C(O)=C(C(=O)c2sc(-c3ccccc3)nc2C)C1c1cccc(OCC)c1. The fourth-order valence-corrected chi connectivity index (χ4v) is 5.19. The molecule has 1 atom stereocenters. The van der Waals surface area contributed by atoms with Crippen LogP contribution in [0.4, 0.5) is 0 Å². The lowest BCUT2D eigenvalue weighted by molar-refractivity contribution is -0.129. The number of unbranched alkanes of at least 4 members (excludes halogenated alkanes) is 1. The molecule has 176 valence electrons. The highest BCUT2D eigenvalue weighted by Gasteiger charge is 2.44. The number of hydrogen-bond donors (Lipinski definition) is 1. The number of Topliss-reactive ketones (excluding diaryl/α,β-unsaturated/α-hetero) is 1. The van der Waals surface area contributed by atoms with Gasteiger partial charge in [-0.3, -0.25) is 9.59 Å². The van der Waals surface area contributed by atoms with Gasteiger partial charge < -0.3 is 14.7 Å². The molecule has 1 aliphatic heterocycles. The van der Waals surface area contributed by atoms with Crippen LogP contribution >= 0.6 is 11.3 Å². The van der Waals surface area contributed by atoms with E-state index in [4.69, 9.17) is 4.74 Å². The summed E-state index contributed by atoms with van der Waals surface area (Å²) in [5.74, 6) is -0.716. The summed E-state index contributed by atoms with van der Waals surface area (Å²) in [6.45, 7) is 6.66. The number of rotatable bonds is 9. The van der Waals surface area contributed by atoms with Gasteiger partial charge in [-0.1, -0.05) is 55.8 Å². The van der Waals surface area contributed by atoms with E-state index in [1.165, 1.54) is 11.3 Å². The number of aryl methyl sites for hydroxylation is 1. The molecule has 0 saturated heterocycles. The molecule has 0 saturated carbocycles. The number of aliphatic hydroxyl groups excluding tert-OH is 1. The maximum Gasteiger partial charge on any atom is 0.290 e. The van der Waals surface area contributed by atoms with Crippen molar-refractivity contribution in [3.8, 4) is 16.3 Å². The molecule has 1 N–H and O–H groups in total. The quantitative estimate of drug-likeness (QED) is 0.389. The Morgan fingerprint density at radius 2 is 1.91 bits per heavy atom. The van der Waals surface area contributed by atoms with Crippen LogP contribution in [0.1, 0.15) is 53.7 Å². The van der Waals surface area contributed by atoms with Gasteiger partial charge >= 0.3 is 0 Å². The smallest absolute Gasteiger partial charge is 0.290 e. The van der Waals surface area contributed by atoms with Crippen molar-refractivity contribution in [1.29, 1.82) is 0 Å². The molecule has 2 aromatic carbocycles. The van der Waals surface area contributed by atoms with E-state index < -0.39 is 17.7 Å². The van der Waals surface area contributed by atoms with Crippen LogP contribution in [-0.4, -0.2) is 39.8 Å². The monoisotopic (exact) mass is 476 g/mol. The van der Waals surface area contributed by atoms with Gasteiger partial charge in [0, 0.05) is 12.1 Å². The van der Waals surface area contributed by atoms with Gasteiger partial charge in [0.1, 0.15) is 10.8 Å². The normalized spacial score (nSPS) is 15.8. The maximum absolute atomic E-state index is 13.8. The Morgan fingerprint density at radius 3 is 2.62 bits per heavy atom. The van der Waals surface area contributed by atoms with Crippen molar-refractivity contribution in [2.75, 3.05) is 13.2 Å². The van der Waals surface area contributed by atoms with E-state index >= 15 is 0 Å². The summed E-state index contributed by atoms with van der Waals surface area (Å²) < 4.78 is 5.65. The number of aliphatic hydroxyl groups is 1. The van der Waals surface area contributed by atoms with Gasteiger partial charge in [-0.05, 0) is 38.0 Å². The van der Waals surface area contributed by atoms with Crippen LogP contribution in [-0.2, 0) is 4.79 Å². The Bertz CT molecular complexity index is 1230. The molecule has 4 rings (SSSR count). The predicted octanol–water partition coefficient (Wildman–Crippen LogP) is 5.90. The van der Waals surface area contributed by atoms with E-state index in [0.717, 1.165) is 29.0 Å². The number of benzene rings is 2. The molecular weight excluding hydrogens is 448 g/mol. The molecule has 0 spiro atoms. The molecule has 34 heavy (non-hydrogen) atoms. The first-order valence-corrected chi connectivity index (χ1v) is 12.3. The van der Waals surface area contributed by atoms with Crippen LogP contribution in [0, 0.1) is 6.92 Å². The molecule has 2 heterocycles. The van der Waals surface area contributed by atoms with Crippen molar-refractivity contribution in [3.05, 3.63) is 82.1 Å². The highest BCUT2D eigenvalue weighted by atomic mass is 32.1. The Morgan fingerprint density at radius 1 is 1.15 bits per heavy atom. The van der Waals surface area contributed by atoms with Crippen molar-refractivity contribution in [2.24, 2.45) is 0 Å². The highest BCUT2D eigenvalue weighted by molar-refractivity contribution is 7.17. The zero-order chi connectivity index (χ0) is 24.2.